The topological polar surface area (TPSA) is 69.6 Å². The summed E-state index contributed by atoms with van der Waals surface area (Å²) in [5.74, 6) is -0.915. The zero-order valence-electron chi connectivity index (χ0n) is 10.5. The molecule has 0 saturated carbocycles. The van der Waals surface area contributed by atoms with E-state index < -0.39 is 12.0 Å². The first-order chi connectivity index (χ1) is 7.87. The van der Waals surface area contributed by atoms with Crippen LogP contribution >= 0.6 is 11.8 Å². The normalized spacial score (nSPS) is 20.4. The van der Waals surface area contributed by atoms with Crippen LogP contribution in [-0.4, -0.2) is 52.1 Å². The van der Waals surface area contributed by atoms with E-state index >= 15 is 0 Å². The van der Waals surface area contributed by atoms with Gasteiger partial charge in [0.1, 0.15) is 6.04 Å². The number of likely N-dealkylation sites (tertiary alicyclic amines) is 1. The van der Waals surface area contributed by atoms with Crippen molar-refractivity contribution in [1.29, 1.82) is 0 Å². The van der Waals surface area contributed by atoms with Gasteiger partial charge >= 0.3 is 12.0 Å². The zero-order chi connectivity index (χ0) is 13.1. The maximum Gasteiger partial charge on any atom is 0.326 e. The Kier molecular flexibility index (Phi) is 4.68. The van der Waals surface area contributed by atoms with Gasteiger partial charge in [0.05, 0.1) is 0 Å². The van der Waals surface area contributed by atoms with Gasteiger partial charge in [0.15, 0.2) is 0 Å². The third kappa shape index (κ3) is 3.80. The molecule has 0 aromatic carbocycles. The van der Waals surface area contributed by atoms with Crippen LogP contribution in [0.25, 0.3) is 0 Å². The van der Waals surface area contributed by atoms with Crippen LogP contribution < -0.4 is 5.32 Å². The number of urea groups is 1. The fraction of sp³-hybridized carbons (Fsp3) is 0.818. The number of carboxylic acids is 1. The summed E-state index contributed by atoms with van der Waals surface area (Å²) in [5, 5.41) is 11.8. The predicted octanol–water partition coefficient (Wildman–Crippen LogP) is 1.39. The van der Waals surface area contributed by atoms with Gasteiger partial charge in [-0.25, -0.2) is 9.59 Å². The first-order valence-corrected chi connectivity index (χ1v) is 6.92. The van der Waals surface area contributed by atoms with Crippen molar-refractivity contribution >= 4 is 23.8 Å². The number of carboxylic acid groups (broad SMARTS) is 1. The average Bonchev–Trinajstić information content (AvgIpc) is 2.75. The van der Waals surface area contributed by atoms with Gasteiger partial charge in [-0.05, 0) is 32.9 Å². The van der Waals surface area contributed by atoms with Gasteiger partial charge in [0, 0.05) is 17.8 Å². The average molecular weight is 260 g/mol. The van der Waals surface area contributed by atoms with Crippen molar-refractivity contribution in [2.75, 3.05) is 19.3 Å². The summed E-state index contributed by atoms with van der Waals surface area (Å²) in [7, 11) is 0. The van der Waals surface area contributed by atoms with E-state index in [4.69, 9.17) is 5.11 Å². The number of nitrogens with zero attached hydrogens (tertiary/aromatic N) is 1. The maximum absolute atomic E-state index is 11.9. The van der Waals surface area contributed by atoms with Crippen LogP contribution in [0.1, 0.15) is 26.7 Å². The number of aliphatic carboxylic acids is 1. The molecule has 0 aliphatic carbocycles. The van der Waals surface area contributed by atoms with Gasteiger partial charge < -0.3 is 15.3 Å². The fourth-order valence-electron chi connectivity index (χ4n) is 1.73. The molecule has 98 valence electrons. The van der Waals surface area contributed by atoms with Crippen molar-refractivity contribution in [2.45, 2.75) is 37.5 Å². The second-order valence-electron chi connectivity index (χ2n) is 4.81. The lowest BCUT2D eigenvalue weighted by atomic mass is 10.2. The van der Waals surface area contributed by atoms with Crippen LogP contribution in [0.4, 0.5) is 4.79 Å². The van der Waals surface area contributed by atoms with Crippen LogP contribution in [0.15, 0.2) is 0 Å². The second kappa shape index (κ2) is 5.62. The van der Waals surface area contributed by atoms with Crippen LogP contribution in [0.5, 0.6) is 0 Å². The van der Waals surface area contributed by atoms with E-state index in [0.29, 0.717) is 19.5 Å². The standard InChI is InChI=1S/C11H20N2O3S/c1-11(2,17-3)7-12-10(16)13-6-4-5-8(13)9(14)15/h8H,4-7H2,1-3H3,(H,12,16)(H,14,15)/t8-/m1/s1. The Balaban J connectivity index is 2.50. The Morgan fingerprint density at radius 3 is 2.71 bits per heavy atom. The Morgan fingerprint density at radius 2 is 2.18 bits per heavy atom. The quantitative estimate of drug-likeness (QED) is 0.801. The molecule has 0 aromatic rings. The third-order valence-electron chi connectivity index (χ3n) is 3.02. The van der Waals surface area contributed by atoms with Crippen molar-refractivity contribution in [3.05, 3.63) is 0 Å². The summed E-state index contributed by atoms with van der Waals surface area (Å²) in [6, 6.07) is -0.926. The smallest absolute Gasteiger partial charge is 0.326 e. The SMILES string of the molecule is CSC(C)(C)CNC(=O)N1CCC[C@@H]1C(=O)O. The Hall–Kier alpha value is -0.910. The van der Waals surface area contributed by atoms with Crippen molar-refractivity contribution in [1.82, 2.24) is 10.2 Å². The minimum atomic E-state index is -0.915. The number of hydrogen-bond donors (Lipinski definition) is 2. The molecule has 5 nitrogen and oxygen atoms in total. The molecular weight excluding hydrogens is 240 g/mol. The summed E-state index contributed by atoms with van der Waals surface area (Å²) in [5.41, 5.74) is 0. The van der Waals surface area contributed by atoms with E-state index in [1.54, 1.807) is 11.8 Å². The molecule has 1 aliphatic rings. The molecule has 2 N–H and O–H groups in total. The number of amides is 2. The minimum absolute atomic E-state index is 0.0336. The molecule has 0 bridgehead atoms. The van der Waals surface area contributed by atoms with Gasteiger partial charge in [-0.3, -0.25) is 0 Å². The van der Waals surface area contributed by atoms with Gasteiger partial charge in [-0.2, -0.15) is 11.8 Å². The van der Waals surface area contributed by atoms with Crippen LogP contribution in [-0.2, 0) is 4.79 Å². The molecule has 0 aromatic heterocycles. The first-order valence-electron chi connectivity index (χ1n) is 5.70. The van der Waals surface area contributed by atoms with Crippen molar-refractivity contribution in [3.8, 4) is 0 Å². The lowest BCUT2D eigenvalue weighted by molar-refractivity contribution is -0.141. The van der Waals surface area contributed by atoms with E-state index in [1.165, 1.54) is 4.90 Å². The number of rotatable bonds is 4. The van der Waals surface area contributed by atoms with Gasteiger partial charge in [-0.1, -0.05) is 0 Å². The monoisotopic (exact) mass is 260 g/mol. The Bertz CT molecular complexity index is 307. The summed E-state index contributed by atoms with van der Waals surface area (Å²) < 4.78 is -0.0336. The van der Waals surface area contributed by atoms with Crippen LogP contribution in [0.3, 0.4) is 0 Å². The fourth-order valence-corrected chi connectivity index (χ4v) is 1.95. The highest BCUT2D eigenvalue weighted by Crippen LogP contribution is 2.21. The van der Waals surface area contributed by atoms with Gasteiger partial charge in [0.2, 0.25) is 0 Å². The largest absolute Gasteiger partial charge is 0.480 e. The lowest BCUT2D eigenvalue weighted by Gasteiger charge is -2.26. The Morgan fingerprint density at radius 1 is 1.53 bits per heavy atom. The maximum atomic E-state index is 11.9. The van der Waals surface area contributed by atoms with Crippen molar-refractivity contribution in [3.63, 3.8) is 0 Å². The molecule has 1 rings (SSSR count). The van der Waals surface area contributed by atoms with Crippen molar-refractivity contribution in [2.24, 2.45) is 0 Å². The Labute approximate surface area is 106 Å². The zero-order valence-corrected chi connectivity index (χ0v) is 11.3. The summed E-state index contributed by atoms with van der Waals surface area (Å²) in [6.45, 7) is 5.14. The molecule has 1 aliphatic heterocycles. The van der Waals surface area contributed by atoms with Gasteiger partial charge in [0.25, 0.3) is 0 Å². The van der Waals surface area contributed by atoms with E-state index in [-0.39, 0.29) is 10.8 Å². The molecule has 0 spiro atoms. The molecule has 0 unspecified atom stereocenters. The van der Waals surface area contributed by atoms with Gasteiger partial charge in [-0.15, -0.1) is 0 Å². The summed E-state index contributed by atoms with van der Waals surface area (Å²) in [4.78, 5) is 24.2. The van der Waals surface area contributed by atoms with Crippen molar-refractivity contribution < 1.29 is 14.7 Å². The molecule has 6 heteroatoms. The molecule has 1 atom stereocenters. The van der Waals surface area contributed by atoms with E-state index in [2.05, 4.69) is 5.32 Å². The molecule has 1 fully saturated rings. The van der Waals surface area contributed by atoms with Crippen LogP contribution in [0, 0.1) is 0 Å². The summed E-state index contributed by atoms with van der Waals surface area (Å²) >= 11 is 1.67. The number of thioether (sulfide) groups is 1. The molecule has 2 amide bonds. The highest BCUT2D eigenvalue weighted by molar-refractivity contribution is 7.99. The van der Waals surface area contributed by atoms with E-state index in [9.17, 15) is 9.59 Å². The number of hydrogen-bond acceptors (Lipinski definition) is 3. The highest BCUT2D eigenvalue weighted by Gasteiger charge is 2.34. The highest BCUT2D eigenvalue weighted by atomic mass is 32.2. The predicted molar refractivity (Wildman–Crippen MR) is 68.4 cm³/mol. The molecule has 1 heterocycles. The number of carbonyl (C=O) groups excluding carboxylic acids is 1. The second-order valence-corrected chi connectivity index (χ2v) is 6.33. The lowest BCUT2D eigenvalue weighted by Crippen LogP contribution is -2.48. The molecule has 0 radical (unpaired) electrons. The van der Waals surface area contributed by atoms with E-state index in [0.717, 1.165) is 6.42 Å². The molecule has 17 heavy (non-hydrogen) atoms. The van der Waals surface area contributed by atoms with Crippen LogP contribution in [0.2, 0.25) is 0 Å². The molecular formula is C11H20N2O3S. The summed E-state index contributed by atoms with van der Waals surface area (Å²) in [6.07, 6.45) is 3.30. The third-order valence-corrected chi connectivity index (χ3v) is 4.27. The van der Waals surface area contributed by atoms with E-state index in [1.807, 2.05) is 20.1 Å². The minimum Gasteiger partial charge on any atom is -0.480 e. The molecule has 1 saturated heterocycles. The first kappa shape index (κ1) is 14.2. The number of carbonyl (C=O) groups is 2. The number of nitrogens with one attached hydrogen (secondary N) is 1.